The molecule has 1 saturated carbocycles. The molecule has 1 aliphatic rings. The van der Waals surface area contributed by atoms with Crippen LogP contribution in [0.3, 0.4) is 0 Å². The molecule has 1 N–H and O–H groups in total. The molecule has 1 aromatic heterocycles. The second-order valence-corrected chi connectivity index (χ2v) is 6.07. The van der Waals surface area contributed by atoms with Gasteiger partial charge >= 0.3 is 5.97 Å². The largest absolute Gasteiger partial charge is 0.465 e. The summed E-state index contributed by atoms with van der Waals surface area (Å²) in [5.41, 5.74) is 0. The van der Waals surface area contributed by atoms with Crippen LogP contribution in [0, 0.1) is 5.92 Å². The molecule has 1 fully saturated rings. The van der Waals surface area contributed by atoms with Gasteiger partial charge in [0.2, 0.25) is 0 Å². The van der Waals surface area contributed by atoms with Crippen molar-refractivity contribution in [1.82, 2.24) is 0 Å². The zero-order valence-corrected chi connectivity index (χ0v) is 11.7. The van der Waals surface area contributed by atoms with Gasteiger partial charge in [0, 0.05) is 17.2 Å². The average molecular weight is 282 g/mol. The van der Waals surface area contributed by atoms with E-state index in [1.165, 1.54) is 18.4 Å². The number of aliphatic hydroxyl groups is 1. The van der Waals surface area contributed by atoms with Crippen molar-refractivity contribution in [2.75, 3.05) is 7.11 Å². The number of rotatable bonds is 5. The first-order chi connectivity index (χ1) is 9.10. The number of aryl methyl sites for hydroxylation is 1. The number of esters is 1. The fraction of sp³-hybridized carbons (Fsp3) is 0.571. The lowest BCUT2D eigenvalue weighted by Gasteiger charge is -2.06. The van der Waals surface area contributed by atoms with Gasteiger partial charge < -0.3 is 9.84 Å². The maximum Gasteiger partial charge on any atom is 0.348 e. The molecule has 0 radical (unpaired) electrons. The van der Waals surface area contributed by atoms with Crippen LogP contribution in [0.15, 0.2) is 12.1 Å². The lowest BCUT2D eigenvalue weighted by atomic mass is 9.99. The maximum absolute atomic E-state index is 11.5. The summed E-state index contributed by atoms with van der Waals surface area (Å²) >= 11 is 1.44. The maximum atomic E-state index is 11.5. The Kier molecular flexibility index (Phi) is 4.71. The molecule has 4 nitrogen and oxygen atoms in total. The first-order valence-corrected chi connectivity index (χ1v) is 7.29. The fourth-order valence-corrected chi connectivity index (χ4v) is 3.43. The molecule has 0 saturated heterocycles. The summed E-state index contributed by atoms with van der Waals surface area (Å²) in [5, 5.41) is 9.41. The minimum absolute atomic E-state index is 0.0232. The lowest BCUT2D eigenvalue weighted by molar-refractivity contribution is -0.121. The number of carbonyl (C=O) groups is 2. The minimum atomic E-state index is -0.440. The molecule has 1 heterocycles. The van der Waals surface area contributed by atoms with E-state index in [4.69, 9.17) is 0 Å². The van der Waals surface area contributed by atoms with Crippen LogP contribution < -0.4 is 0 Å². The third-order valence-electron chi connectivity index (χ3n) is 3.47. The smallest absolute Gasteiger partial charge is 0.348 e. The summed E-state index contributed by atoms with van der Waals surface area (Å²) in [6.45, 7) is 0. The van der Waals surface area contributed by atoms with Gasteiger partial charge in [-0.15, -0.1) is 11.3 Å². The zero-order valence-electron chi connectivity index (χ0n) is 10.9. The molecule has 0 unspecified atom stereocenters. The number of methoxy groups -OCH3 is 1. The number of hydrogen-bond acceptors (Lipinski definition) is 5. The van der Waals surface area contributed by atoms with E-state index in [2.05, 4.69) is 4.74 Å². The molecular weight excluding hydrogens is 264 g/mol. The van der Waals surface area contributed by atoms with Gasteiger partial charge in [0.25, 0.3) is 0 Å². The summed E-state index contributed by atoms with van der Waals surface area (Å²) < 4.78 is 4.66. The van der Waals surface area contributed by atoms with Gasteiger partial charge in [0.05, 0.1) is 13.2 Å². The number of Topliss-reactive ketones (excluding diaryl/α,β-unsaturated/α-hetero) is 1. The Morgan fingerprint density at radius 2 is 2.32 bits per heavy atom. The predicted molar refractivity (Wildman–Crippen MR) is 72.3 cm³/mol. The first kappa shape index (κ1) is 14.2. The van der Waals surface area contributed by atoms with Crippen LogP contribution in [0.25, 0.3) is 0 Å². The molecule has 1 aliphatic carbocycles. The van der Waals surface area contributed by atoms with Crippen LogP contribution in [0.4, 0.5) is 0 Å². The fourth-order valence-electron chi connectivity index (χ4n) is 2.47. The van der Waals surface area contributed by atoms with E-state index in [-0.39, 0.29) is 17.7 Å². The van der Waals surface area contributed by atoms with Gasteiger partial charge in [-0.3, -0.25) is 4.79 Å². The van der Waals surface area contributed by atoms with Gasteiger partial charge in [-0.05, 0) is 37.8 Å². The quantitative estimate of drug-likeness (QED) is 0.841. The summed E-state index contributed by atoms with van der Waals surface area (Å²) in [7, 11) is 1.37. The van der Waals surface area contributed by atoms with Crippen LogP contribution in [0.1, 0.15) is 40.2 Å². The SMILES string of the molecule is COC(=O)c1ccc(CCC[C@@H]2C[C@H](O)CC2=O)s1. The van der Waals surface area contributed by atoms with Crippen molar-refractivity contribution >= 4 is 23.1 Å². The van der Waals surface area contributed by atoms with Gasteiger partial charge in [-0.2, -0.15) is 0 Å². The van der Waals surface area contributed by atoms with Gasteiger partial charge in [-0.1, -0.05) is 0 Å². The highest BCUT2D eigenvalue weighted by atomic mass is 32.1. The molecule has 2 atom stereocenters. The molecular formula is C14H18O4S. The number of ketones is 1. The molecule has 5 heteroatoms. The molecule has 0 amide bonds. The van der Waals surface area contributed by atoms with Gasteiger partial charge in [-0.25, -0.2) is 4.79 Å². The molecule has 0 bridgehead atoms. The van der Waals surface area contributed by atoms with Crippen LogP contribution >= 0.6 is 11.3 Å². The Morgan fingerprint density at radius 3 is 2.95 bits per heavy atom. The highest BCUT2D eigenvalue weighted by Gasteiger charge is 2.30. The Hall–Kier alpha value is -1.20. The minimum Gasteiger partial charge on any atom is -0.465 e. The van der Waals surface area contributed by atoms with Crippen molar-refractivity contribution in [3.8, 4) is 0 Å². The topological polar surface area (TPSA) is 63.6 Å². The van der Waals surface area contributed by atoms with Crippen molar-refractivity contribution in [2.45, 2.75) is 38.2 Å². The van der Waals surface area contributed by atoms with E-state index in [0.29, 0.717) is 17.7 Å². The average Bonchev–Trinajstić information content (AvgIpc) is 2.96. The number of carbonyl (C=O) groups excluding carboxylic acids is 2. The monoisotopic (exact) mass is 282 g/mol. The standard InChI is InChI=1S/C14H18O4S/c1-18-14(17)13-6-5-11(19-13)4-2-3-9-7-10(15)8-12(9)16/h5-6,9-10,15H,2-4,7-8H2,1H3/t9-,10+/m1/s1. The summed E-state index contributed by atoms with van der Waals surface area (Å²) in [6, 6.07) is 3.71. The van der Waals surface area contributed by atoms with Crippen molar-refractivity contribution in [2.24, 2.45) is 5.92 Å². The van der Waals surface area contributed by atoms with Crippen molar-refractivity contribution in [1.29, 1.82) is 0 Å². The molecule has 0 aliphatic heterocycles. The van der Waals surface area contributed by atoms with E-state index in [1.54, 1.807) is 6.07 Å². The van der Waals surface area contributed by atoms with Crippen LogP contribution in [0.2, 0.25) is 0 Å². The Bertz CT molecular complexity index is 466. The molecule has 0 spiro atoms. The van der Waals surface area contributed by atoms with Gasteiger partial charge in [0.1, 0.15) is 10.7 Å². The van der Waals surface area contributed by atoms with Gasteiger partial charge in [0.15, 0.2) is 0 Å². The molecule has 0 aromatic carbocycles. The number of thiophene rings is 1. The highest BCUT2D eigenvalue weighted by molar-refractivity contribution is 7.13. The number of hydrogen-bond donors (Lipinski definition) is 1. The van der Waals surface area contributed by atoms with E-state index in [9.17, 15) is 14.7 Å². The van der Waals surface area contributed by atoms with E-state index < -0.39 is 6.10 Å². The van der Waals surface area contributed by atoms with E-state index in [1.807, 2.05) is 6.07 Å². The van der Waals surface area contributed by atoms with E-state index >= 15 is 0 Å². The zero-order chi connectivity index (χ0) is 13.8. The summed E-state index contributed by atoms with van der Waals surface area (Å²) in [5.74, 6) is -0.0886. The van der Waals surface area contributed by atoms with Crippen molar-refractivity contribution < 1.29 is 19.4 Å². The Labute approximate surface area is 116 Å². The number of aliphatic hydroxyl groups excluding tert-OH is 1. The third kappa shape index (κ3) is 3.64. The highest BCUT2D eigenvalue weighted by Crippen LogP contribution is 2.27. The summed E-state index contributed by atoms with van der Waals surface area (Å²) in [4.78, 5) is 24.6. The molecule has 2 rings (SSSR count). The van der Waals surface area contributed by atoms with Crippen LogP contribution in [0.5, 0.6) is 0 Å². The van der Waals surface area contributed by atoms with Crippen molar-refractivity contribution in [3.63, 3.8) is 0 Å². The lowest BCUT2D eigenvalue weighted by Crippen LogP contribution is -2.06. The molecule has 104 valence electrons. The number of ether oxygens (including phenoxy) is 1. The first-order valence-electron chi connectivity index (χ1n) is 6.48. The molecule has 1 aromatic rings. The molecule has 19 heavy (non-hydrogen) atoms. The van der Waals surface area contributed by atoms with Crippen molar-refractivity contribution in [3.05, 3.63) is 21.9 Å². The Balaban J connectivity index is 1.78. The van der Waals surface area contributed by atoms with Crippen LogP contribution in [-0.4, -0.2) is 30.1 Å². The second kappa shape index (κ2) is 6.30. The van der Waals surface area contributed by atoms with E-state index in [0.717, 1.165) is 24.1 Å². The normalized spacial score (nSPS) is 22.7. The Morgan fingerprint density at radius 1 is 1.53 bits per heavy atom. The second-order valence-electron chi connectivity index (χ2n) is 4.91. The predicted octanol–water partition coefficient (Wildman–Crippen LogP) is 2.20. The summed E-state index contributed by atoms with van der Waals surface area (Å²) in [6.07, 6.45) is 3.07. The van der Waals surface area contributed by atoms with Crippen LogP contribution in [-0.2, 0) is 16.0 Å². The third-order valence-corrected chi connectivity index (χ3v) is 4.60.